The van der Waals surface area contributed by atoms with Crippen molar-refractivity contribution in [2.24, 2.45) is 17.8 Å². The Labute approximate surface area is 123 Å². The molecule has 3 unspecified atom stereocenters. The van der Waals surface area contributed by atoms with Crippen LogP contribution in [0.2, 0.25) is 0 Å². The quantitative estimate of drug-likeness (QED) is 0.758. The summed E-state index contributed by atoms with van der Waals surface area (Å²) in [5, 5.41) is 3.49. The van der Waals surface area contributed by atoms with Crippen molar-refractivity contribution < 1.29 is 0 Å². The molecule has 0 aliphatic heterocycles. The normalized spacial score (nSPS) is 28.2. The summed E-state index contributed by atoms with van der Waals surface area (Å²) in [6.45, 7) is 3.62. The lowest BCUT2D eigenvalue weighted by Gasteiger charge is -2.27. The average molecular weight is 272 g/mol. The van der Waals surface area contributed by atoms with Crippen LogP contribution in [0.15, 0.2) is 30.3 Å². The summed E-state index contributed by atoms with van der Waals surface area (Å²) in [5.41, 5.74) is 1.24. The Bertz CT molecular complexity index is 403. The van der Waals surface area contributed by atoms with E-state index in [2.05, 4.69) is 47.6 Å². The maximum Gasteiger partial charge on any atom is 0.0340 e. The molecule has 2 heteroatoms. The molecule has 0 spiro atoms. The highest BCUT2D eigenvalue weighted by Gasteiger charge is 2.39. The number of para-hydroxylation sites is 1. The van der Waals surface area contributed by atoms with Gasteiger partial charge in [-0.1, -0.05) is 24.6 Å². The number of hydrogen-bond donors (Lipinski definition) is 1. The Balaban J connectivity index is 1.30. The van der Waals surface area contributed by atoms with Crippen LogP contribution in [0.5, 0.6) is 0 Å². The molecular formula is C18H28N2. The summed E-state index contributed by atoms with van der Waals surface area (Å²) in [5.74, 6) is 3.14. The monoisotopic (exact) mass is 272 g/mol. The second-order valence-electron chi connectivity index (χ2n) is 6.84. The first-order chi connectivity index (χ1) is 9.81. The molecule has 2 nitrogen and oxygen atoms in total. The van der Waals surface area contributed by atoms with Crippen molar-refractivity contribution in [2.45, 2.75) is 32.1 Å². The SMILES string of the molecule is CN(CCCNc1ccccc1)CC1CC2CCC1C2. The first kappa shape index (κ1) is 13.9. The molecule has 0 radical (unpaired) electrons. The maximum atomic E-state index is 3.49. The minimum atomic E-state index is 1.00. The predicted octanol–water partition coefficient (Wildman–Crippen LogP) is 3.86. The molecule has 0 heterocycles. The van der Waals surface area contributed by atoms with E-state index in [0.29, 0.717) is 0 Å². The van der Waals surface area contributed by atoms with Crippen LogP contribution in [-0.2, 0) is 0 Å². The molecule has 2 aliphatic rings. The number of hydrogen-bond acceptors (Lipinski definition) is 2. The van der Waals surface area contributed by atoms with Gasteiger partial charge in [-0.15, -0.1) is 0 Å². The van der Waals surface area contributed by atoms with E-state index in [9.17, 15) is 0 Å². The van der Waals surface area contributed by atoms with E-state index >= 15 is 0 Å². The smallest absolute Gasteiger partial charge is 0.0340 e. The Kier molecular flexibility index (Phi) is 4.62. The van der Waals surface area contributed by atoms with Gasteiger partial charge in [0.1, 0.15) is 0 Å². The molecule has 1 aromatic carbocycles. The van der Waals surface area contributed by atoms with Crippen molar-refractivity contribution in [2.75, 3.05) is 32.0 Å². The second-order valence-corrected chi connectivity index (χ2v) is 6.84. The zero-order valence-electron chi connectivity index (χ0n) is 12.7. The number of rotatable bonds is 7. The highest BCUT2D eigenvalue weighted by molar-refractivity contribution is 5.42. The molecule has 1 N–H and O–H groups in total. The van der Waals surface area contributed by atoms with Crippen molar-refractivity contribution in [3.8, 4) is 0 Å². The molecule has 3 atom stereocenters. The minimum absolute atomic E-state index is 1.00. The van der Waals surface area contributed by atoms with E-state index in [0.717, 1.165) is 24.3 Å². The van der Waals surface area contributed by atoms with Crippen molar-refractivity contribution >= 4 is 5.69 Å². The van der Waals surface area contributed by atoms with Crippen LogP contribution in [-0.4, -0.2) is 31.6 Å². The van der Waals surface area contributed by atoms with Crippen LogP contribution in [0, 0.1) is 17.8 Å². The summed E-state index contributed by atoms with van der Waals surface area (Å²) in [4.78, 5) is 2.55. The molecule has 1 aromatic rings. The van der Waals surface area contributed by atoms with Crippen LogP contribution in [0.1, 0.15) is 32.1 Å². The molecular weight excluding hydrogens is 244 g/mol. The van der Waals surface area contributed by atoms with Crippen molar-refractivity contribution in [1.82, 2.24) is 4.90 Å². The largest absolute Gasteiger partial charge is 0.385 e. The number of nitrogens with zero attached hydrogens (tertiary/aromatic N) is 1. The molecule has 2 aliphatic carbocycles. The van der Waals surface area contributed by atoms with Crippen LogP contribution in [0.4, 0.5) is 5.69 Å². The van der Waals surface area contributed by atoms with Crippen LogP contribution < -0.4 is 5.32 Å². The Morgan fingerprint density at radius 1 is 1.15 bits per heavy atom. The van der Waals surface area contributed by atoms with Crippen molar-refractivity contribution in [3.63, 3.8) is 0 Å². The van der Waals surface area contributed by atoms with Gasteiger partial charge < -0.3 is 10.2 Å². The standard InChI is InChI=1S/C18H28N2/c1-20(14-17-13-15-8-9-16(17)12-15)11-5-10-19-18-6-3-2-4-7-18/h2-4,6-7,15-17,19H,5,8-14H2,1H3. The van der Waals surface area contributed by atoms with Crippen molar-refractivity contribution in [1.29, 1.82) is 0 Å². The van der Waals surface area contributed by atoms with Gasteiger partial charge in [-0.2, -0.15) is 0 Å². The third-order valence-corrected chi connectivity index (χ3v) is 5.25. The van der Waals surface area contributed by atoms with Gasteiger partial charge in [-0.05, 0) is 69.2 Å². The maximum absolute atomic E-state index is 3.49. The van der Waals surface area contributed by atoms with E-state index in [1.165, 1.54) is 50.9 Å². The minimum Gasteiger partial charge on any atom is -0.385 e. The lowest BCUT2D eigenvalue weighted by Crippen LogP contribution is -2.30. The zero-order valence-corrected chi connectivity index (χ0v) is 12.7. The second kappa shape index (κ2) is 6.62. The summed E-state index contributed by atoms with van der Waals surface area (Å²) >= 11 is 0. The Morgan fingerprint density at radius 3 is 2.70 bits per heavy atom. The highest BCUT2D eigenvalue weighted by Crippen LogP contribution is 2.48. The van der Waals surface area contributed by atoms with Crippen molar-refractivity contribution in [3.05, 3.63) is 30.3 Å². The van der Waals surface area contributed by atoms with Gasteiger partial charge in [0.2, 0.25) is 0 Å². The zero-order chi connectivity index (χ0) is 13.8. The molecule has 2 saturated carbocycles. The van der Waals surface area contributed by atoms with Gasteiger partial charge in [-0.3, -0.25) is 0 Å². The summed E-state index contributed by atoms with van der Waals surface area (Å²) in [7, 11) is 2.30. The fraction of sp³-hybridized carbons (Fsp3) is 0.667. The first-order valence-electron chi connectivity index (χ1n) is 8.28. The lowest BCUT2D eigenvalue weighted by molar-refractivity contribution is 0.219. The van der Waals surface area contributed by atoms with Gasteiger partial charge in [0, 0.05) is 18.8 Å². The molecule has 0 aromatic heterocycles. The first-order valence-corrected chi connectivity index (χ1v) is 8.28. The fourth-order valence-corrected chi connectivity index (χ4v) is 4.23. The van der Waals surface area contributed by atoms with E-state index in [1.54, 1.807) is 0 Å². The lowest BCUT2D eigenvalue weighted by atomic mass is 9.88. The predicted molar refractivity (Wildman–Crippen MR) is 86.0 cm³/mol. The molecule has 20 heavy (non-hydrogen) atoms. The van der Waals surface area contributed by atoms with Crippen LogP contribution in [0.3, 0.4) is 0 Å². The number of benzene rings is 1. The molecule has 3 rings (SSSR count). The molecule has 110 valence electrons. The topological polar surface area (TPSA) is 15.3 Å². The Morgan fingerprint density at radius 2 is 2.00 bits per heavy atom. The van der Waals surface area contributed by atoms with Gasteiger partial charge in [-0.25, -0.2) is 0 Å². The molecule has 2 bridgehead atoms. The van der Waals surface area contributed by atoms with Gasteiger partial charge >= 0.3 is 0 Å². The summed E-state index contributed by atoms with van der Waals surface area (Å²) in [6, 6.07) is 10.5. The molecule has 0 saturated heterocycles. The number of anilines is 1. The van der Waals surface area contributed by atoms with Crippen LogP contribution in [0.25, 0.3) is 0 Å². The van der Waals surface area contributed by atoms with Gasteiger partial charge in [0.15, 0.2) is 0 Å². The summed E-state index contributed by atoms with van der Waals surface area (Å²) in [6.07, 6.45) is 7.31. The van der Waals surface area contributed by atoms with E-state index < -0.39 is 0 Å². The molecule has 2 fully saturated rings. The van der Waals surface area contributed by atoms with Gasteiger partial charge in [0.05, 0.1) is 0 Å². The van der Waals surface area contributed by atoms with E-state index in [-0.39, 0.29) is 0 Å². The fourth-order valence-electron chi connectivity index (χ4n) is 4.23. The van der Waals surface area contributed by atoms with E-state index in [4.69, 9.17) is 0 Å². The highest BCUT2D eigenvalue weighted by atomic mass is 15.1. The third kappa shape index (κ3) is 3.54. The number of nitrogens with one attached hydrogen (secondary N) is 1. The summed E-state index contributed by atoms with van der Waals surface area (Å²) < 4.78 is 0. The molecule has 0 amide bonds. The third-order valence-electron chi connectivity index (χ3n) is 5.25. The average Bonchev–Trinajstić information content (AvgIpc) is 3.07. The number of fused-ring (bicyclic) bond motifs is 2. The Hall–Kier alpha value is -1.02. The van der Waals surface area contributed by atoms with Gasteiger partial charge in [0.25, 0.3) is 0 Å². The van der Waals surface area contributed by atoms with Crippen LogP contribution >= 0.6 is 0 Å². The van der Waals surface area contributed by atoms with E-state index in [1.807, 2.05) is 0 Å².